The summed E-state index contributed by atoms with van der Waals surface area (Å²) in [7, 11) is 3.09. The van der Waals surface area contributed by atoms with Crippen molar-refractivity contribution in [1.82, 2.24) is 5.32 Å². The Kier molecular flexibility index (Phi) is 5.47. The molecule has 0 heterocycles. The van der Waals surface area contributed by atoms with Crippen LogP contribution in [0.4, 0.5) is 0 Å². The molecule has 2 N–H and O–H groups in total. The van der Waals surface area contributed by atoms with Crippen LogP contribution in [0.1, 0.15) is 37.3 Å². The van der Waals surface area contributed by atoms with Gasteiger partial charge in [0.25, 0.3) is 0 Å². The van der Waals surface area contributed by atoms with E-state index < -0.39 is 12.0 Å². The number of methoxy groups -OCH3 is 2. The first kappa shape index (κ1) is 16.1. The van der Waals surface area contributed by atoms with Crippen molar-refractivity contribution in [3.63, 3.8) is 0 Å². The maximum absolute atomic E-state index is 11.6. The third-order valence-corrected chi connectivity index (χ3v) is 4.51. The number of halogens is 1. The van der Waals surface area contributed by atoms with E-state index in [9.17, 15) is 9.90 Å². The highest BCUT2D eigenvalue weighted by atomic mass is 79.9. The normalized spacial score (nSPS) is 16.7. The van der Waals surface area contributed by atoms with Crippen molar-refractivity contribution < 1.29 is 19.4 Å². The van der Waals surface area contributed by atoms with Crippen LogP contribution in [0.15, 0.2) is 16.6 Å². The van der Waals surface area contributed by atoms with Gasteiger partial charge in [0.05, 0.1) is 14.2 Å². The molecule has 2 rings (SSSR count). The van der Waals surface area contributed by atoms with Crippen molar-refractivity contribution in [2.75, 3.05) is 14.2 Å². The van der Waals surface area contributed by atoms with Gasteiger partial charge in [0, 0.05) is 10.5 Å². The monoisotopic (exact) mass is 357 g/mol. The first-order chi connectivity index (χ1) is 10.1. The molecule has 1 aliphatic carbocycles. The summed E-state index contributed by atoms with van der Waals surface area (Å²) in [4.78, 5) is 11.6. The molecule has 0 aromatic heterocycles. The molecule has 1 atom stereocenters. The maximum Gasteiger partial charge on any atom is 0.325 e. The fourth-order valence-electron chi connectivity index (χ4n) is 2.71. The molecule has 1 aliphatic rings. The van der Waals surface area contributed by atoms with Crippen molar-refractivity contribution in [1.29, 1.82) is 0 Å². The van der Waals surface area contributed by atoms with Crippen molar-refractivity contribution in [3.05, 3.63) is 22.2 Å². The number of carboxylic acid groups (broad SMARTS) is 1. The lowest BCUT2D eigenvalue weighted by Gasteiger charge is -2.22. The molecule has 1 aromatic carbocycles. The van der Waals surface area contributed by atoms with Crippen LogP contribution in [-0.2, 0) is 4.79 Å². The summed E-state index contributed by atoms with van der Waals surface area (Å²) in [5.41, 5.74) is 0.645. The predicted octanol–water partition coefficient (Wildman–Crippen LogP) is 3.12. The van der Waals surface area contributed by atoms with E-state index in [0.29, 0.717) is 21.5 Å². The summed E-state index contributed by atoms with van der Waals surface area (Å²) in [5, 5.41) is 12.8. The quantitative estimate of drug-likeness (QED) is 0.818. The highest BCUT2D eigenvalue weighted by molar-refractivity contribution is 9.10. The summed E-state index contributed by atoms with van der Waals surface area (Å²) in [5.74, 6) is 0.197. The lowest BCUT2D eigenvalue weighted by molar-refractivity contribution is -0.139. The summed E-state index contributed by atoms with van der Waals surface area (Å²) < 4.78 is 11.2. The third kappa shape index (κ3) is 3.68. The molecule has 0 bridgehead atoms. The van der Waals surface area contributed by atoms with Gasteiger partial charge in [-0.3, -0.25) is 10.1 Å². The van der Waals surface area contributed by atoms with Gasteiger partial charge in [-0.1, -0.05) is 28.8 Å². The van der Waals surface area contributed by atoms with Gasteiger partial charge in [-0.25, -0.2) is 0 Å². The van der Waals surface area contributed by atoms with Gasteiger partial charge in [-0.05, 0) is 30.5 Å². The first-order valence-electron chi connectivity index (χ1n) is 6.97. The van der Waals surface area contributed by atoms with E-state index in [1.807, 2.05) is 0 Å². The fraction of sp³-hybridized carbons (Fsp3) is 0.533. The van der Waals surface area contributed by atoms with Crippen LogP contribution in [0, 0.1) is 0 Å². The number of aliphatic carboxylic acids is 1. The van der Waals surface area contributed by atoms with Crippen LogP contribution in [0.3, 0.4) is 0 Å². The minimum Gasteiger partial charge on any atom is -0.493 e. The van der Waals surface area contributed by atoms with Crippen LogP contribution >= 0.6 is 15.9 Å². The van der Waals surface area contributed by atoms with Crippen LogP contribution in [0.25, 0.3) is 0 Å². The van der Waals surface area contributed by atoms with Crippen molar-refractivity contribution in [2.45, 2.75) is 37.8 Å². The topological polar surface area (TPSA) is 67.8 Å². The van der Waals surface area contributed by atoms with Gasteiger partial charge in [0.2, 0.25) is 0 Å². The Morgan fingerprint density at radius 3 is 2.38 bits per heavy atom. The Labute approximate surface area is 132 Å². The van der Waals surface area contributed by atoms with E-state index in [1.54, 1.807) is 19.2 Å². The number of benzene rings is 1. The molecule has 0 aliphatic heterocycles. The second kappa shape index (κ2) is 7.13. The molecule has 5 nitrogen and oxygen atoms in total. The zero-order valence-corrected chi connectivity index (χ0v) is 13.8. The average Bonchev–Trinajstić information content (AvgIpc) is 2.97. The highest BCUT2D eigenvalue weighted by Crippen LogP contribution is 2.36. The number of hydrogen-bond acceptors (Lipinski definition) is 4. The van der Waals surface area contributed by atoms with E-state index in [-0.39, 0.29) is 6.04 Å². The van der Waals surface area contributed by atoms with E-state index in [1.165, 1.54) is 7.11 Å². The van der Waals surface area contributed by atoms with Crippen molar-refractivity contribution in [2.24, 2.45) is 0 Å². The minimum absolute atomic E-state index is 0.256. The van der Waals surface area contributed by atoms with E-state index in [0.717, 1.165) is 25.7 Å². The smallest absolute Gasteiger partial charge is 0.325 e. The molecular weight excluding hydrogens is 338 g/mol. The van der Waals surface area contributed by atoms with E-state index in [4.69, 9.17) is 9.47 Å². The second-order valence-corrected chi connectivity index (χ2v) is 6.00. The maximum atomic E-state index is 11.6. The van der Waals surface area contributed by atoms with Gasteiger partial charge in [0.15, 0.2) is 11.5 Å². The first-order valence-corrected chi connectivity index (χ1v) is 7.76. The number of carbonyl (C=O) groups is 1. The molecular formula is C15H20BrNO4. The molecule has 21 heavy (non-hydrogen) atoms. The average molecular weight is 358 g/mol. The Bertz CT molecular complexity index is 515. The molecule has 0 spiro atoms. The van der Waals surface area contributed by atoms with Gasteiger partial charge in [-0.15, -0.1) is 0 Å². The zero-order valence-electron chi connectivity index (χ0n) is 12.2. The predicted molar refractivity (Wildman–Crippen MR) is 83.0 cm³/mol. The summed E-state index contributed by atoms with van der Waals surface area (Å²) in [6, 6.07) is 2.94. The molecule has 116 valence electrons. The lowest BCUT2D eigenvalue weighted by Crippen LogP contribution is -2.35. The molecule has 0 saturated heterocycles. The van der Waals surface area contributed by atoms with Crippen LogP contribution in [-0.4, -0.2) is 31.3 Å². The molecule has 1 aromatic rings. The minimum atomic E-state index is -0.894. The van der Waals surface area contributed by atoms with Crippen LogP contribution < -0.4 is 14.8 Å². The fourth-order valence-corrected chi connectivity index (χ4v) is 3.26. The molecule has 0 radical (unpaired) electrons. The number of nitrogens with one attached hydrogen (secondary N) is 1. The molecule has 1 saturated carbocycles. The Hall–Kier alpha value is -1.27. The van der Waals surface area contributed by atoms with Gasteiger partial charge >= 0.3 is 5.97 Å². The second-order valence-electron chi connectivity index (χ2n) is 5.15. The summed E-state index contributed by atoms with van der Waals surface area (Å²) in [6.45, 7) is 0. The van der Waals surface area contributed by atoms with E-state index in [2.05, 4.69) is 21.2 Å². The number of rotatable bonds is 6. The molecule has 6 heteroatoms. The SMILES string of the molecule is COc1cc(Br)c(C(NC2CCCC2)C(=O)O)cc1OC. The zero-order chi connectivity index (χ0) is 15.4. The standard InChI is InChI=1S/C15H20BrNO4/c1-20-12-7-10(11(16)8-13(12)21-2)14(15(18)19)17-9-5-3-4-6-9/h7-9,14,17H,3-6H2,1-2H3,(H,18,19). The molecule has 1 fully saturated rings. The Morgan fingerprint density at radius 1 is 1.29 bits per heavy atom. The number of ether oxygens (including phenoxy) is 2. The van der Waals surface area contributed by atoms with Crippen LogP contribution in [0.2, 0.25) is 0 Å². The summed E-state index contributed by atoms with van der Waals surface area (Å²) >= 11 is 3.43. The number of carboxylic acids is 1. The molecule has 1 unspecified atom stereocenters. The highest BCUT2D eigenvalue weighted by Gasteiger charge is 2.28. The molecule has 0 amide bonds. The lowest BCUT2D eigenvalue weighted by atomic mass is 10.0. The Balaban J connectivity index is 2.32. The van der Waals surface area contributed by atoms with Crippen molar-refractivity contribution >= 4 is 21.9 Å². The van der Waals surface area contributed by atoms with Gasteiger partial charge in [-0.2, -0.15) is 0 Å². The van der Waals surface area contributed by atoms with E-state index >= 15 is 0 Å². The number of hydrogen-bond donors (Lipinski definition) is 2. The van der Waals surface area contributed by atoms with Crippen LogP contribution in [0.5, 0.6) is 11.5 Å². The van der Waals surface area contributed by atoms with Crippen molar-refractivity contribution in [3.8, 4) is 11.5 Å². The van der Waals surface area contributed by atoms with Gasteiger partial charge in [0.1, 0.15) is 6.04 Å². The Morgan fingerprint density at radius 2 is 1.86 bits per heavy atom. The summed E-state index contributed by atoms with van der Waals surface area (Å²) in [6.07, 6.45) is 4.34. The third-order valence-electron chi connectivity index (χ3n) is 3.82. The van der Waals surface area contributed by atoms with Gasteiger partial charge < -0.3 is 14.6 Å². The largest absolute Gasteiger partial charge is 0.493 e.